The lowest BCUT2D eigenvalue weighted by atomic mass is 10.2. The van der Waals surface area contributed by atoms with Crippen LogP contribution in [0.2, 0.25) is 5.02 Å². The topological polar surface area (TPSA) is 96.0 Å². The minimum Gasteiger partial charge on any atom is -0.399 e. The average molecular weight is 326 g/mol. The van der Waals surface area contributed by atoms with E-state index in [4.69, 9.17) is 22.6 Å². The number of nitrogens with one attached hydrogen (secondary N) is 1. The van der Waals surface area contributed by atoms with Crippen LogP contribution in [0.1, 0.15) is 5.56 Å². The minimum atomic E-state index is -4.06. The number of halogens is 2. The van der Waals surface area contributed by atoms with Crippen molar-refractivity contribution in [2.75, 3.05) is 10.5 Å². The fourth-order valence-corrected chi connectivity index (χ4v) is 3.09. The summed E-state index contributed by atoms with van der Waals surface area (Å²) in [6.07, 6.45) is 0. The zero-order valence-corrected chi connectivity index (χ0v) is 12.0. The first kappa shape index (κ1) is 15.1. The quantitative estimate of drug-likeness (QED) is 0.848. The van der Waals surface area contributed by atoms with Crippen molar-refractivity contribution in [2.45, 2.75) is 4.90 Å². The lowest BCUT2D eigenvalue weighted by Crippen LogP contribution is -2.14. The molecule has 21 heavy (non-hydrogen) atoms. The lowest BCUT2D eigenvalue weighted by molar-refractivity contribution is 0.601. The second-order valence-electron chi connectivity index (χ2n) is 4.13. The van der Waals surface area contributed by atoms with Gasteiger partial charge < -0.3 is 5.73 Å². The third-order valence-electron chi connectivity index (χ3n) is 2.53. The Morgan fingerprint density at radius 3 is 2.57 bits per heavy atom. The molecule has 2 rings (SSSR count). The van der Waals surface area contributed by atoms with Gasteiger partial charge in [-0.25, -0.2) is 12.8 Å². The SMILES string of the molecule is N#Cc1cc(N)ccc1S(=O)(=O)Nc1cc(F)cc(Cl)c1. The summed E-state index contributed by atoms with van der Waals surface area (Å²) in [6, 6.07) is 8.83. The average Bonchev–Trinajstić information content (AvgIpc) is 2.36. The third-order valence-corrected chi connectivity index (χ3v) is 4.19. The van der Waals surface area contributed by atoms with Gasteiger partial charge in [0, 0.05) is 10.7 Å². The summed E-state index contributed by atoms with van der Waals surface area (Å²) in [5.74, 6) is -0.682. The van der Waals surface area contributed by atoms with E-state index in [9.17, 15) is 12.8 Å². The highest BCUT2D eigenvalue weighted by Gasteiger charge is 2.19. The van der Waals surface area contributed by atoms with Gasteiger partial charge in [0.15, 0.2) is 0 Å². The summed E-state index contributed by atoms with van der Waals surface area (Å²) >= 11 is 5.66. The van der Waals surface area contributed by atoms with Crippen LogP contribution in [0.3, 0.4) is 0 Å². The number of sulfonamides is 1. The van der Waals surface area contributed by atoms with E-state index in [0.717, 1.165) is 12.1 Å². The predicted molar refractivity (Wildman–Crippen MR) is 77.8 cm³/mol. The Kier molecular flexibility index (Phi) is 4.02. The first-order chi connectivity index (χ1) is 9.81. The van der Waals surface area contributed by atoms with E-state index in [2.05, 4.69) is 4.72 Å². The van der Waals surface area contributed by atoms with Gasteiger partial charge in [-0.15, -0.1) is 0 Å². The van der Waals surface area contributed by atoms with Crippen molar-refractivity contribution in [3.8, 4) is 6.07 Å². The molecule has 0 aliphatic heterocycles. The Morgan fingerprint density at radius 2 is 1.95 bits per heavy atom. The molecule has 0 fully saturated rings. The molecule has 108 valence electrons. The van der Waals surface area contributed by atoms with Crippen LogP contribution in [0.5, 0.6) is 0 Å². The summed E-state index contributed by atoms with van der Waals surface area (Å²) in [5, 5.41) is 9.03. The predicted octanol–water partition coefficient (Wildman–Crippen LogP) is 2.73. The van der Waals surface area contributed by atoms with E-state index in [-0.39, 0.29) is 26.9 Å². The molecule has 0 aromatic heterocycles. The van der Waals surface area contributed by atoms with Crippen molar-refractivity contribution in [3.05, 3.63) is 52.8 Å². The highest BCUT2D eigenvalue weighted by Crippen LogP contribution is 2.24. The first-order valence-corrected chi connectivity index (χ1v) is 7.46. The van der Waals surface area contributed by atoms with Gasteiger partial charge in [-0.3, -0.25) is 4.72 Å². The molecule has 0 spiro atoms. The molecule has 0 atom stereocenters. The van der Waals surface area contributed by atoms with Crippen molar-refractivity contribution in [2.24, 2.45) is 0 Å². The van der Waals surface area contributed by atoms with Crippen molar-refractivity contribution in [1.29, 1.82) is 5.26 Å². The second kappa shape index (κ2) is 5.60. The fraction of sp³-hybridized carbons (Fsp3) is 0. The van der Waals surface area contributed by atoms with Gasteiger partial charge in [-0.2, -0.15) is 5.26 Å². The molecule has 8 heteroatoms. The zero-order chi connectivity index (χ0) is 15.6. The van der Waals surface area contributed by atoms with Crippen LogP contribution >= 0.6 is 11.6 Å². The number of nitriles is 1. The Morgan fingerprint density at radius 1 is 1.24 bits per heavy atom. The van der Waals surface area contributed by atoms with E-state index in [1.54, 1.807) is 6.07 Å². The highest BCUT2D eigenvalue weighted by atomic mass is 35.5. The van der Waals surface area contributed by atoms with Crippen molar-refractivity contribution in [1.82, 2.24) is 0 Å². The molecule has 0 heterocycles. The molecule has 0 aliphatic rings. The van der Waals surface area contributed by atoms with Crippen LogP contribution in [-0.4, -0.2) is 8.42 Å². The van der Waals surface area contributed by atoms with Crippen LogP contribution in [0.15, 0.2) is 41.3 Å². The number of nitrogen functional groups attached to an aromatic ring is 1. The molecule has 2 aromatic rings. The maximum Gasteiger partial charge on any atom is 0.263 e. The van der Waals surface area contributed by atoms with Gasteiger partial charge in [-0.1, -0.05) is 11.6 Å². The van der Waals surface area contributed by atoms with Gasteiger partial charge in [-0.05, 0) is 36.4 Å². The van der Waals surface area contributed by atoms with Crippen LogP contribution < -0.4 is 10.5 Å². The molecule has 5 nitrogen and oxygen atoms in total. The van der Waals surface area contributed by atoms with E-state index in [0.29, 0.717) is 0 Å². The summed E-state index contributed by atoms with van der Waals surface area (Å²) < 4.78 is 39.9. The van der Waals surface area contributed by atoms with E-state index >= 15 is 0 Å². The normalized spacial score (nSPS) is 10.9. The molecular formula is C13H9ClFN3O2S. The molecule has 0 saturated carbocycles. The molecular weight excluding hydrogens is 317 g/mol. The molecule has 0 aliphatic carbocycles. The van der Waals surface area contributed by atoms with Crippen LogP contribution in [0.25, 0.3) is 0 Å². The summed E-state index contributed by atoms with van der Waals surface area (Å²) in [6.45, 7) is 0. The van der Waals surface area contributed by atoms with Gasteiger partial charge in [0.25, 0.3) is 10.0 Å². The largest absolute Gasteiger partial charge is 0.399 e. The number of nitrogens with two attached hydrogens (primary N) is 1. The standard InChI is InChI=1S/C13H9ClFN3O2S/c14-9-4-10(15)6-12(5-9)18-21(19,20)13-2-1-11(17)3-8(13)7-16/h1-6,18H,17H2. The van der Waals surface area contributed by atoms with Gasteiger partial charge >= 0.3 is 0 Å². The Balaban J connectivity index is 2.46. The molecule has 0 amide bonds. The van der Waals surface area contributed by atoms with E-state index in [1.165, 1.54) is 24.3 Å². The summed E-state index contributed by atoms with van der Waals surface area (Å²) in [5.41, 5.74) is 5.62. The maximum absolute atomic E-state index is 13.2. The number of anilines is 2. The Hall–Kier alpha value is -2.30. The molecule has 2 aromatic carbocycles. The maximum atomic E-state index is 13.2. The van der Waals surface area contributed by atoms with Crippen LogP contribution in [0, 0.1) is 17.1 Å². The van der Waals surface area contributed by atoms with E-state index < -0.39 is 15.8 Å². The third kappa shape index (κ3) is 3.42. The number of rotatable bonds is 3. The lowest BCUT2D eigenvalue weighted by Gasteiger charge is -2.10. The van der Waals surface area contributed by atoms with Crippen LogP contribution in [-0.2, 0) is 10.0 Å². The number of nitrogens with zero attached hydrogens (tertiary/aromatic N) is 1. The van der Waals surface area contributed by atoms with Crippen molar-refractivity contribution < 1.29 is 12.8 Å². The Labute approximate surface area is 125 Å². The molecule has 0 radical (unpaired) electrons. The molecule has 0 saturated heterocycles. The molecule has 0 bridgehead atoms. The number of hydrogen-bond acceptors (Lipinski definition) is 4. The van der Waals surface area contributed by atoms with Crippen LogP contribution in [0.4, 0.5) is 15.8 Å². The van der Waals surface area contributed by atoms with Crippen molar-refractivity contribution >= 4 is 33.0 Å². The monoisotopic (exact) mass is 325 g/mol. The fourth-order valence-electron chi connectivity index (χ4n) is 1.69. The second-order valence-corrected chi connectivity index (χ2v) is 6.22. The van der Waals surface area contributed by atoms with Gasteiger partial charge in [0.1, 0.15) is 16.8 Å². The zero-order valence-electron chi connectivity index (χ0n) is 10.5. The van der Waals surface area contributed by atoms with Gasteiger partial charge in [0.2, 0.25) is 0 Å². The summed E-state index contributed by atoms with van der Waals surface area (Å²) in [4.78, 5) is -0.250. The van der Waals surface area contributed by atoms with E-state index in [1.807, 2.05) is 0 Å². The number of benzene rings is 2. The minimum absolute atomic E-state index is 0.0410. The van der Waals surface area contributed by atoms with Gasteiger partial charge in [0.05, 0.1) is 11.3 Å². The molecule has 3 N–H and O–H groups in total. The summed E-state index contributed by atoms with van der Waals surface area (Å²) in [7, 11) is -4.06. The first-order valence-electron chi connectivity index (χ1n) is 5.60. The number of hydrogen-bond donors (Lipinski definition) is 2. The highest BCUT2D eigenvalue weighted by molar-refractivity contribution is 7.92. The smallest absolute Gasteiger partial charge is 0.263 e. The van der Waals surface area contributed by atoms with Crippen molar-refractivity contribution in [3.63, 3.8) is 0 Å². The molecule has 0 unspecified atom stereocenters. The Bertz CT molecular complexity index is 827.